The van der Waals surface area contributed by atoms with Gasteiger partial charge < -0.3 is 9.13 Å². The average molecular weight is 507 g/mol. The van der Waals surface area contributed by atoms with E-state index in [-0.39, 0.29) is 0 Å². The lowest BCUT2D eigenvalue weighted by Gasteiger charge is -2.07. The van der Waals surface area contributed by atoms with Crippen LogP contribution in [0.3, 0.4) is 0 Å². The fraction of sp³-hybridized carbons (Fsp3) is 0.189. The molecule has 0 aliphatic rings. The summed E-state index contributed by atoms with van der Waals surface area (Å²) in [4.78, 5) is 0. The molecule has 5 aromatic carbocycles. The monoisotopic (exact) mass is 506 g/mol. The van der Waals surface area contributed by atoms with E-state index in [0.29, 0.717) is 0 Å². The van der Waals surface area contributed by atoms with Crippen molar-refractivity contribution in [3.63, 3.8) is 0 Å². The quantitative estimate of drug-likeness (QED) is 0.204. The maximum Gasteiger partial charge on any atom is 0.0494 e. The molecule has 192 valence electrons. The zero-order valence-corrected chi connectivity index (χ0v) is 22.8. The number of fused-ring (bicyclic) bond motifs is 6. The van der Waals surface area contributed by atoms with E-state index in [0.717, 1.165) is 32.2 Å². The van der Waals surface area contributed by atoms with Crippen molar-refractivity contribution in [2.24, 2.45) is 7.05 Å². The molecule has 0 radical (unpaired) electrons. The lowest BCUT2D eigenvalue weighted by molar-refractivity contribution is 0.826. The number of nitrogens with zero attached hydrogens (tertiary/aromatic N) is 2. The summed E-state index contributed by atoms with van der Waals surface area (Å²) in [7, 11) is 2.18. The highest BCUT2D eigenvalue weighted by molar-refractivity contribution is 6.09. The van der Waals surface area contributed by atoms with E-state index in [4.69, 9.17) is 0 Å². The summed E-state index contributed by atoms with van der Waals surface area (Å²) in [6.07, 6.45) is 4.25. The first kappa shape index (κ1) is 23.8. The molecule has 0 atom stereocenters. The molecule has 0 aliphatic carbocycles. The lowest BCUT2D eigenvalue weighted by atomic mass is 9.99. The highest BCUT2D eigenvalue weighted by Gasteiger charge is 2.10. The lowest BCUT2D eigenvalue weighted by Crippen LogP contribution is -1.96. The molecule has 0 amide bonds. The predicted molar refractivity (Wildman–Crippen MR) is 167 cm³/mol. The minimum Gasteiger partial charge on any atom is -0.344 e. The molecule has 0 unspecified atom stereocenters. The topological polar surface area (TPSA) is 9.86 Å². The van der Waals surface area contributed by atoms with Gasteiger partial charge in [-0.15, -0.1) is 0 Å². The Kier molecular flexibility index (Phi) is 5.97. The fourth-order valence-corrected chi connectivity index (χ4v) is 6.40. The minimum atomic E-state index is 0.991. The largest absolute Gasteiger partial charge is 0.344 e. The van der Waals surface area contributed by atoms with Crippen LogP contribution in [0.25, 0.3) is 43.6 Å². The Bertz CT molecular complexity index is 1950. The zero-order valence-electron chi connectivity index (χ0n) is 22.8. The predicted octanol–water partition coefficient (Wildman–Crippen LogP) is 9.03. The summed E-state index contributed by atoms with van der Waals surface area (Å²) in [5.41, 5.74) is 10.9. The zero-order chi connectivity index (χ0) is 26.3. The summed E-state index contributed by atoms with van der Waals surface area (Å²) in [5.74, 6) is 0. The smallest absolute Gasteiger partial charge is 0.0494 e. The van der Waals surface area contributed by atoms with Crippen molar-refractivity contribution in [1.82, 2.24) is 9.13 Å². The molecule has 0 fully saturated rings. The second kappa shape index (κ2) is 9.78. The highest BCUT2D eigenvalue weighted by atomic mass is 15.0. The molecule has 0 spiro atoms. The number of aryl methyl sites for hydroxylation is 6. The summed E-state index contributed by atoms with van der Waals surface area (Å²) in [6.45, 7) is 3.23. The van der Waals surface area contributed by atoms with E-state index in [1.807, 2.05) is 0 Å². The van der Waals surface area contributed by atoms with Crippen LogP contribution in [0, 0.1) is 0 Å². The van der Waals surface area contributed by atoms with Crippen LogP contribution in [-0.2, 0) is 39.3 Å². The molecule has 2 heteroatoms. The molecule has 0 saturated carbocycles. The van der Waals surface area contributed by atoms with Crippen molar-refractivity contribution in [1.29, 1.82) is 0 Å². The summed E-state index contributed by atoms with van der Waals surface area (Å²) >= 11 is 0. The first-order valence-electron chi connectivity index (χ1n) is 14.2. The fourth-order valence-electron chi connectivity index (χ4n) is 6.40. The van der Waals surface area contributed by atoms with Crippen molar-refractivity contribution in [3.8, 4) is 0 Å². The van der Waals surface area contributed by atoms with Gasteiger partial charge in [-0.3, -0.25) is 0 Å². The molecule has 0 aliphatic heterocycles. The third-order valence-corrected chi connectivity index (χ3v) is 8.56. The maximum absolute atomic E-state index is 2.45. The minimum absolute atomic E-state index is 0.991. The second-order valence-electron chi connectivity index (χ2n) is 10.9. The van der Waals surface area contributed by atoms with Crippen molar-refractivity contribution >= 4 is 43.6 Å². The molecule has 2 heterocycles. The number of benzene rings is 5. The third-order valence-electron chi connectivity index (χ3n) is 8.56. The Morgan fingerprint density at radius 3 is 1.49 bits per heavy atom. The van der Waals surface area contributed by atoms with Gasteiger partial charge in [0.1, 0.15) is 0 Å². The molecule has 0 N–H and O–H groups in total. The Balaban J connectivity index is 1.03. The van der Waals surface area contributed by atoms with Crippen LogP contribution in [0.15, 0.2) is 109 Å². The number of hydrogen-bond acceptors (Lipinski definition) is 0. The van der Waals surface area contributed by atoms with E-state index in [1.54, 1.807) is 0 Å². The Labute approximate surface area is 230 Å². The van der Waals surface area contributed by atoms with Crippen LogP contribution in [-0.4, -0.2) is 9.13 Å². The molecular formula is C37H34N2. The third kappa shape index (κ3) is 4.21. The van der Waals surface area contributed by atoms with Gasteiger partial charge in [-0.1, -0.05) is 84.9 Å². The van der Waals surface area contributed by atoms with Crippen molar-refractivity contribution in [3.05, 3.63) is 131 Å². The van der Waals surface area contributed by atoms with E-state index >= 15 is 0 Å². The van der Waals surface area contributed by atoms with Gasteiger partial charge in [0.2, 0.25) is 0 Å². The standard InChI is InChI=1S/C37H34N2/c1-3-39-35-11-7-5-9-31(35)33-23-21-29(25-37(33)39)19-17-27-14-12-26(13-15-27)16-18-28-20-22-32-30-8-4-6-10-34(30)38(2)36(32)24-28/h4-15,20-25H,3,16-19H2,1-2H3. The molecule has 7 aromatic rings. The molecule has 0 bridgehead atoms. The number of para-hydroxylation sites is 2. The Morgan fingerprint density at radius 1 is 0.436 bits per heavy atom. The first-order chi connectivity index (χ1) is 19.2. The van der Waals surface area contributed by atoms with Gasteiger partial charge in [0, 0.05) is 57.2 Å². The Morgan fingerprint density at radius 2 is 0.872 bits per heavy atom. The molecule has 0 saturated heterocycles. The summed E-state index contributed by atoms with van der Waals surface area (Å²) < 4.78 is 4.77. The van der Waals surface area contributed by atoms with Crippen LogP contribution in [0.1, 0.15) is 29.2 Å². The van der Waals surface area contributed by atoms with Crippen molar-refractivity contribution in [2.45, 2.75) is 39.2 Å². The van der Waals surface area contributed by atoms with E-state index in [1.165, 1.54) is 65.9 Å². The van der Waals surface area contributed by atoms with Crippen LogP contribution in [0.2, 0.25) is 0 Å². The number of aromatic nitrogens is 2. The molecule has 2 nitrogen and oxygen atoms in total. The van der Waals surface area contributed by atoms with Gasteiger partial charge in [0.25, 0.3) is 0 Å². The van der Waals surface area contributed by atoms with Gasteiger partial charge in [-0.25, -0.2) is 0 Å². The van der Waals surface area contributed by atoms with Crippen LogP contribution in [0.4, 0.5) is 0 Å². The molecular weight excluding hydrogens is 472 g/mol. The van der Waals surface area contributed by atoms with Crippen LogP contribution in [0.5, 0.6) is 0 Å². The first-order valence-corrected chi connectivity index (χ1v) is 14.2. The van der Waals surface area contributed by atoms with E-state index in [9.17, 15) is 0 Å². The number of rotatable bonds is 7. The second-order valence-corrected chi connectivity index (χ2v) is 10.9. The van der Waals surface area contributed by atoms with Gasteiger partial charge in [0.05, 0.1) is 0 Å². The maximum atomic E-state index is 2.45. The van der Waals surface area contributed by atoms with E-state index in [2.05, 4.69) is 132 Å². The number of hydrogen-bond donors (Lipinski definition) is 0. The Hall–Kier alpha value is -4.30. The highest BCUT2D eigenvalue weighted by Crippen LogP contribution is 2.31. The van der Waals surface area contributed by atoms with Gasteiger partial charge in [-0.05, 0) is 79.1 Å². The van der Waals surface area contributed by atoms with Gasteiger partial charge in [-0.2, -0.15) is 0 Å². The van der Waals surface area contributed by atoms with Crippen LogP contribution < -0.4 is 0 Å². The van der Waals surface area contributed by atoms with Gasteiger partial charge >= 0.3 is 0 Å². The van der Waals surface area contributed by atoms with Gasteiger partial charge in [0.15, 0.2) is 0 Å². The summed E-state index contributed by atoms with van der Waals surface area (Å²) in [6, 6.07) is 40.7. The average Bonchev–Trinajstić information content (AvgIpc) is 3.46. The van der Waals surface area contributed by atoms with Crippen molar-refractivity contribution < 1.29 is 0 Å². The normalized spacial score (nSPS) is 11.8. The SMILES string of the molecule is CCn1c2ccccc2c2ccc(CCc3ccc(CCc4ccc5c6ccccc6n(C)c5c4)cc3)cc21. The van der Waals surface area contributed by atoms with Crippen LogP contribution >= 0.6 is 0 Å². The molecule has 2 aromatic heterocycles. The summed E-state index contributed by atoms with van der Waals surface area (Å²) in [5, 5.41) is 5.40. The molecule has 7 rings (SSSR count). The molecule has 39 heavy (non-hydrogen) atoms. The van der Waals surface area contributed by atoms with Crippen molar-refractivity contribution in [2.75, 3.05) is 0 Å². The van der Waals surface area contributed by atoms with E-state index < -0.39 is 0 Å².